The molecule has 0 aliphatic heterocycles. The molecule has 0 aliphatic carbocycles. The monoisotopic (exact) mass is 507 g/mol. The van der Waals surface area contributed by atoms with Gasteiger partial charge in [-0.25, -0.2) is 0 Å². The summed E-state index contributed by atoms with van der Waals surface area (Å²) >= 11 is 13.1. The van der Waals surface area contributed by atoms with Crippen molar-refractivity contribution in [2.75, 3.05) is 7.11 Å². The van der Waals surface area contributed by atoms with Gasteiger partial charge in [0, 0.05) is 21.3 Å². The van der Waals surface area contributed by atoms with E-state index >= 15 is 0 Å². The average Bonchev–Trinajstić information content (AvgIpc) is 2.66. The molecule has 0 saturated heterocycles. The van der Waals surface area contributed by atoms with Crippen LogP contribution in [0.5, 0.6) is 11.5 Å². The highest BCUT2D eigenvalue weighted by molar-refractivity contribution is 9.11. The summed E-state index contributed by atoms with van der Waals surface area (Å²) in [7, 11) is 1.64. The Kier molecular flexibility index (Phi) is 6.94. The van der Waals surface area contributed by atoms with E-state index in [0.29, 0.717) is 11.6 Å². The lowest BCUT2D eigenvalue weighted by Gasteiger charge is -2.12. The highest BCUT2D eigenvalue weighted by atomic mass is 79.9. The Morgan fingerprint density at radius 1 is 1.04 bits per heavy atom. The summed E-state index contributed by atoms with van der Waals surface area (Å²) in [6.45, 7) is 0.407. The molecular weight excluding hydrogens is 493 g/mol. The molecule has 3 aromatic carbocycles. The fourth-order valence-corrected chi connectivity index (χ4v) is 4.01. The highest BCUT2D eigenvalue weighted by Crippen LogP contribution is 2.33. The molecule has 27 heavy (non-hydrogen) atoms. The second-order valence-electron chi connectivity index (χ2n) is 5.68. The third-order valence-corrected chi connectivity index (χ3v) is 5.02. The van der Waals surface area contributed by atoms with Crippen molar-refractivity contribution in [3.63, 3.8) is 0 Å². The second kappa shape index (κ2) is 9.40. The van der Waals surface area contributed by atoms with E-state index in [1.165, 1.54) is 0 Å². The molecule has 6 heteroatoms. The van der Waals surface area contributed by atoms with Crippen molar-refractivity contribution in [1.29, 1.82) is 0 Å². The first kappa shape index (κ1) is 19.9. The minimum Gasteiger partial charge on any atom is -0.497 e. The number of rotatable bonds is 6. The molecule has 0 unspecified atom stereocenters. The Balaban J connectivity index is 1.84. The van der Waals surface area contributed by atoms with Crippen LogP contribution in [0.2, 0.25) is 5.02 Å². The molecule has 0 atom stereocenters. The van der Waals surface area contributed by atoms with E-state index in [1.54, 1.807) is 13.3 Å². The Hall–Kier alpha value is -1.82. The summed E-state index contributed by atoms with van der Waals surface area (Å²) in [5.41, 5.74) is 2.68. The van der Waals surface area contributed by atoms with Gasteiger partial charge in [-0.3, -0.25) is 4.99 Å². The van der Waals surface area contributed by atoms with Crippen LogP contribution in [0.3, 0.4) is 0 Å². The van der Waals surface area contributed by atoms with Gasteiger partial charge < -0.3 is 9.47 Å². The lowest BCUT2D eigenvalue weighted by atomic mass is 10.2. The first-order valence-electron chi connectivity index (χ1n) is 8.09. The molecule has 0 N–H and O–H groups in total. The van der Waals surface area contributed by atoms with Gasteiger partial charge in [-0.15, -0.1) is 0 Å². The number of hydrogen-bond acceptors (Lipinski definition) is 3. The Morgan fingerprint density at radius 3 is 2.52 bits per heavy atom. The Morgan fingerprint density at radius 2 is 1.81 bits per heavy atom. The van der Waals surface area contributed by atoms with Crippen molar-refractivity contribution in [1.82, 2.24) is 0 Å². The molecule has 0 fully saturated rings. The Labute approximate surface area is 180 Å². The maximum absolute atomic E-state index is 6.05. The number of halogens is 3. The minimum atomic E-state index is 0.407. The van der Waals surface area contributed by atoms with Crippen molar-refractivity contribution in [2.45, 2.75) is 6.61 Å². The molecular formula is C21H16Br2ClNO2. The van der Waals surface area contributed by atoms with Crippen LogP contribution in [0.15, 0.2) is 74.6 Å². The smallest absolute Gasteiger partial charge is 0.142 e. The first-order valence-corrected chi connectivity index (χ1v) is 10.1. The van der Waals surface area contributed by atoms with Gasteiger partial charge in [-0.05, 0) is 70.0 Å². The molecule has 0 aliphatic rings. The van der Waals surface area contributed by atoms with Crippen LogP contribution >= 0.6 is 43.5 Å². The summed E-state index contributed by atoms with van der Waals surface area (Å²) in [5.74, 6) is 1.51. The van der Waals surface area contributed by atoms with Gasteiger partial charge in [0.1, 0.15) is 18.1 Å². The largest absolute Gasteiger partial charge is 0.497 e. The lowest BCUT2D eigenvalue weighted by molar-refractivity contribution is 0.304. The fourth-order valence-electron chi connectivity index (χ4n) is 2.42. The van der Waals surface area contributed by atoms with Crippen molar-refractivity contribution in [3.05, 3.63) is 85.8 Å². The minimum absolute atomic E-state index is 0.407. The zero-order valence-electron chi connectivity index (χ0n) is 14.5. The SMILES string of the molecule is COc1ccc(N=Cc2cc(Br)cc(Br)c2OCc2cccc(Cl)c2)cc1. The van der Waals surface area contributed by atoms with Crippen LogP contribution in [0.25, 0.3) is 0 Å². The van der Waals surface area contributed by atoms with Crippen LogP contribution < -0.4 is 9.47 Å². The van der Waals surface area contributed by atoms with E-state index in [1.807, 2.05) is 60.7 Å². The quantitative estimate of drug-likeness (QED) is 0.329. The lowest BCUT2D eigenvalue weighted by Crippen LogP contribution is -1.99. The Bertz CT molecular complexity index is 959. The molecule has 0 amide bonds. The van der Waals surface area contributed by atoms with Gasteiger partial charge >= 0.3 is 0 Å². The predicted octanol–water partition coefficient (Wildman–Crippen LogP) is 7.20. The number of aliphatic imine (C=N–C) groups is 1. The highest BCUT2D eigenvalue weighted by Gasteiger charge is 2.10. The van der Waals surface area contributed by atoms with Crippen LogP contribution in [-0.4, -0.2) is 13.3 Å². The molecule has 0 bridgehead atoms. The molecule has 138 valence electrons. The molecule has 0 spiro atoms. The molecule has 3 rings (SSSR count). The number of ether oxygens (including phenoxy) is 2. The fraction of sp³-hybridized carbons (Fsp3) is 0.0952. The van der Waals surface area contributed by atoms with E-state index in [0.717, 1.165) is 37.3 Å². The van der Waals surface area contributed by atoms with Crippen LogP contribution in [0, 0.1) is 0 Å². The van der Waals surface area contributed by atoms with Crippen molar-refractivity contribution < 1.29 is 9.47 Å². The summed E-state index contributed by atoms with van der Waals surface area (Å²) in [6.07, 6.45) is 1.78. The van der Waals surface area contributed by atoms with Crippen LogP contribution in [0.4, 0.5) is 5.69 Å². The zero-order chi connectivity index (χ0) is 19.2. The number of hydrogen-bond donors (Lipinski definition) is 0. The summed E-state index contributed by atoms with van der Waals surface area (Å²) in [4.78, 5) is 4.54. The van der Waals surface area contributed by atoms with E-state index in [4.69, 9.17) is 21.1 Å². The van der Waals surface area contributed by atoms with Crippen LogP contribution in [0.1, 0.15) is 11.1 Å². The number of methoxy groups -OCH3 is 1. The molecule has 3 nitrogen and oxygen atoms in total. The normalized spacial score (nSPS) is 11.0. The molecule has 0 radical (unpaired) electrons. The number of benzene rings is 3. The van der Waals surface area contributed by atoms with E-state index < -0.39 is 0 Å². The first-order chi connectivity index (χ1) is 13.0. The van der Waals surface area contributed by atoms with Crippen molar-refractivity contribution in [2.24, 2.45) is 4.99 Å². The predicted molar refractivity (Wildman–Crippen MR) is 118 cm³/mol. The van der Waals surface area contributed by atoms with Gasteiger partial charge in [0.2, 0.25) is 0 Å². The summed E-state index contributed by atoms with van der Waals surface area (Å²) in [5, 5.41) is 0.687. The van der Waals surface area contributed by atoms with Gasteiger partial charge in [0.25, 0.3) is 0 Å². The molecule has 3 aromatic rings. The molecule has 0 aromatic heterocycles. The van der Waals surface area contributed by atoms with Gasteiger partial charge in [0.05, 0.1) is 17.3 Å². The van der Waals surface area contributed by atoms with E-state index in [9.17, 15) is 0 Å². The van der Waals surface area contributed by atoms with E-state index in [-0.39, 0.29) is 0 Å². The summed E-state index contributed by atoms with van der Waals surface area (Å²) in [6, 6.07) is 19.1. The third kappa shape index (κ3) is 5.58. The second-order valence-corrected chi connectivity index (χ2v) is 7.89. The van der Waals surface area contributed by atoms with Gasteiger partial charge in [-0.2, -0.15) is 0 Å². The maximum atomic E-state index is 6.05. The third-order valence-electron chi connectivity index (χ3n) is 3.73. The van der Waals surface area contributed by atoms with Crippen molar-refractivity contribution >= 4 is 55.4 Å². The molecule has 0 saturated carbocycles. The topological polar surface area (TPSA) is 30.8 Å². The summed E-state index contributed by atoms with van der Waals surface area (Å²) < 4.78 is 13.0. The average molecular weight is 510 g/mol. The maximum Gasteiger partial charge on any atom is 0.142 e. The van der Waals surface area contributed by atoms with E-state index in [2.05, 4.69) is 36.9 Å². The van der Waals surface area contributed by atoms with Gasteiger partial charge in [-0.1, -0.05) is 39.7 Å². The number of nitrogens with zero attached hydrogens (tertiary/aromatic N) is 1. The molecule has 0 heterocycles. The standard InChI is InChI=1S/C21H16Br2ClNO2/c1-26-19-7-5-18(6-8-19)25-12-15-10-16(22)11-20(23)21(15)27-13-14-3-2-4-17(24)9-14/h2-12H,13H2,1H3. The van der Waals surface area contributed by atoms with Crippen molar-refractivity contribution in [3.8, 4) is 11.5 Å². The van der Waals surface area contributed by atoms with Gasteiger partial charge in [0.15, 0.2) is 0 Å². The van der Waals surface area contributed by atoms with Crippen LogP contribution in [-0.2, 0) is 6.61 Å². The zero-order valence-corrected chi connectivity index (χ0v) is 18.4.